The molecule has 3 nitrogen and oxygen atoms in total. The van der Waals surface area contributed by atoms with Gasteiger partial charge in [0.25, 0.3) is 0 Å². The summed E-state index contributed by atoms with van der Waals surface area (Å²) in [6, 6.07) is 16.9. The average Bonchev–Trinajstić information content (AvgIpc) is 3.13. The third-order valence-electron chi connectivity index (χ3n) is 5.17. The Morgan fingerprint density at radius 3 is 2.00 bits per heavy atom. The molecule has 2 aromatic rings. The Balaban J connectivity index is 1.92. The van der Waals surface area contributed by atoms with E-state index in [1.165, 1.54) is 11.1 Å². The molecule has 1 amide bonds. The number of nitrogens with zero attached hydrogens (tertiary/aromatic N) is 1. The molecule has 2 saturated heterocycles. The minimum atomic E-state index is -0.686. The minimum absolute atomic E-state index is 0.0837. The molecule has 2 aliphatic heterocycles. The zero-order chi connectivity index (χ0) is 16.0. The monoisotopic (exact) mass is 307 g/mol. The molecule has 2 heterocycles. The zero-order valence-corrected chi connectivity index (χ0v) is 13.6. The summed E-state index contributed by atoms with van der Waals surface area (Å²) in [5, 5.41) is 0. The number of hydrogen-bond acceptors (Lipinski definition) is 2. The molecule has 118 valence electrons. The van der Waals surface area contributed by atoms with E-state index < -0.39 is 5.60 Å². The second-order valence-corrected chi connectivity index (χ2v) is 6.69. The van der Waals surface area contributed by atoms with Crippen molar-refractivity contribution >= 4 is 6.09 Å². The predicted octanol–water partition coefficient (Wildman–Crippen LogP) is 4.16. The van der Waals surface area contributed by atoms with Crippen LogP contribution in [-0.2, 0) is 10.3 Å². The van der Waals surface area contributed by atoms with Crippen molar-refractivity contribution in [2.45, 2.75) is 38.3 Å². The van der Waals surface area contributed by atoms with Crippen molar-refractivity contribution in [2.24, 2.45) is 0 Å². The van der Waals surface area contributed by atoms with Crippen LogP contribution in [0.4, 0.5) is 4.79 Å². The molecular formula is C20H21NO2. The summed E-state index contributed by atoms with van der Waals surface area (Å²) in [6.45, 7) is 4.94. The lowest BCUT2D eigenvalue weighted by Crippen LogP contribution is -2.40. The Morgan fingerprint density at radius 1 is 0.957 bits per heavy atom. The van der Waals surface area contributed by atoms with Gasteiger partial charge < -0.3 is 9.64 Å². The van der Waals surface area contributed by atoms with Crippen LogP contribution in [0.3, 0.4) is 0 Å². The fourth-order valence-electron chi connectivity index (χ4n) is 3.94. The minimum Gasteiger partial charge on any atom is -0.431 e. The molecule has 0 spiro atoms. The zero-order valence-electron chi connectivity index (χ0n) is 13.6. The molecule has 0 aromatic heterocycles. The van der Waals surface area contributed by atoms with Crippen molar-refractivity contribution < 1.29 is 9.53 Å². The molecule has 0 aliphatic carbocycles. The van der Waals surface area contributed by atoms with Gasteiger partial charge in [-0.25, -0.2) is 4.79 Å². The van der Waals surface area contributed by atoms with Crippen LogP contribution in [0.15, 0.2) is 48.5 Å². The van der Waals surface area contributed by atoms with Gasteiger partial charge in [-0.2, -0.15) is 0 Å². The number of carbonyl (C=O) groups is 1. The predicted molar refractivity (Wildman–Crippen MR) is 89.3 cm³/mol. The van der Waals surface area contributed by atoms with Crippen molar-refractivity contribution in [3.05, 3.63) is 70.8 Å². The highest BCUT2D eigenvalue weighted by Gasteiger charge is 2.57. The van der Waals surface area contributed by atoms with Gasteiger partial charge in [0, 0.05) is 17.7 Å². The number of ether oxygens (including phenoxy) is 1. The molecule has 2 fully saturated rings. The lowest BCUT2D eigenvalue weighted by Gasteiger charge is -2.33. The molecule has 1 atom stereocenters. The summed E-state index contributed by atoms with van der Waals surface area (Å²) in [5.74, 6) is 0. The van der Waals surface area contributed by atoms with Crippen LogP contribution in [0.2, 0.25) is 0 Å². The van der Waals surface area contributed by atoms with Gasteiger partial charge in [-0.15, -0.1) is 0 Å². The fourth-order valence-corrected chi connectivity index (χ4v) is 3.94. The molecule has 2 aliphatic rings. The smallest absolute Gasteiger partial charge is 0.411 e. The molecule has 0 bridgehead atoms. The van der Waals surface area contributed by atoms with Crippen LogP contribution >= 0.6 is 0 Å². The highest BCUT2D eigenvalue weighted by molar-refractivity contribution is 5.74. The summed E-state index contributed by atoms with van der Waals surface area (Å²) in [6.07, 6.45) is 1.83. The van der Waals surface area contributed by atoms with E-state index in [2.05, 4.69) is 62.4 Å². The summed E-state index contributed by atoms with van der Waals surface area (Å²) in [7, 11) is 0. The molecule has 0 radical (unpaired) electrons. The van der Waals surface area contributed by atoms with Gasteiger partial charge in [0.1, 0.15) is 0 Å². The molecule has 0 unspecified atom stereocenters. The second kappa shape index (κ2) is 5.12. The van der Waals surface area contributed by atoms with E-state index in [0.717, 1.165) is 30.5 Å². The SMILES string of the molecule is Cc1ccc(C2(c3ccc(C)cc3)OC(=O)N3CCC[C@H]32)cc1. The molecule has 23 heavy (non-hydrogen) atoms. The van der Waals surface area contributed by atoms with Crippen molar-refractivity contribution in [3.8, 4) is 0 Å². The first-order valence-electron chi connectivity index (χ1n) is 8.25. The van der Waals surface area contributed by atoms with Crippen LogP contribution in [0.25, 0.3) is 0 Å². The summed E-state index contributed by atoms with van der Waals surface area (Å²) in [4.78, 5) is 14.4. The van der Waals surface area contributed by atoms with Gasteiger partial charge in [0.2, 0.25) is 0 Å². The number of cyclic esters (lactones) is 1. The molecule has 0 saturated carbocycles. The lowest BCUT2D eigenvalue weighted by molar-refractivity contribution is 0.0670. The van der Waals surface area contributed by atoms with E-state index in [9.17, 15) is 4.79 Å². The number of aryl methyl sites for hydroxylation is 2. The van der Waals surface area contributed by atoms with Crippen molar-refractivity contribution in [1.29, 1.82) is 0 Å². The van der Waals surface area contributed by atoms with Crippen molar-refractivity contribution in [1.82, 2.24) is 4.90 Å². The van der Waals surface area contributed by atoms with E-state index in [0.29, 0.717) is 0 Å². The molecule has 3 heteroatoms. The van der Waals surface area contributed by atoms with Crippen LogP contribution in [-0.4, -0.2) is 23.6 Å². The first-order valence-corrected chi connectivity index (χ1v) is 8.25. The Morgan fingerprint density at radius 2 is 1.48 bits per heavy atom. The van der Waals surface area contributed by atoms with Gasteiger partial charge >= 0.3 is 6.09 Å². The standard InChI is InChI=1S/C20H21NO2/c1-14-5-9-16(10-6-14)20(17-11-7-15(2)8-12-17)18-4-3-13-21(18)19(22)23-20/h5-12,18H,3-4,13H2,1-2H3/t18-/m0/s1. The summed E-state index contributed by atoms with van der Waals surface area (Å²) < 4.78 is 6.05. The van der Waals surface area contributed by atoms with E-state index in [-0.39, 0.29) is 12.1 Å². The number of benzene rings is 2. The Bertz CT molecular complexity index is 688. The highest BCUT2D eigenvalue weighted by atomic mass is 16.6. The third kappa shape index (κ3) is 2.07. The summed E-state index contributed by atoms with van der Waals surface area (Å²) in [5.41, 5.74) is 3.86. The number of hydrogen-bond donors (Lipinski definition) is 0. The normalized spacial score (nSPS) is 22.1. The third-order valence-corrected chi connectivity index (χ3v) is 5.17. The van der Waals surface area contributed by atoms with Crippen LogP contribution in [0.5, 0.6) is 0 Å². The topological polar surface area (TPSA) is 29.5 Å². The maximum absolute atomic E-state index is 12.5. The highest BCUT2D eigenvalue weighted by Crippen LogP contribution is 2.48. The quantitative estimate of drug-likeness (QED) is 0.833. The van der Waals surface area contributed by atoms with E-state index >= 15 is 0 Å². The first kappa shape index (κ1) is 14.3. The number of carbonyl (C=O) groups excluding carboxylic acids is 1. The molecular weight excluding hydrogens is 286 g/mol. The van der Waals surface area contributed by atoms with Gasteiger partial charge in [-0.1, -0.05) is 59.7 Å². The van der Waals surface area contributed by atoms with Crippen molar-refractivity contribution in [3.63, 3.8) is 0 Å². The lowest BCUT2D eigenvalue weighted by atomic mass is 9.79. The number of rotatable bonds is 2. The van der Waals surface area contributed by atoms with E-state index in [4.69, 9.17) is 4.74 Å². The van der Waals surface area contributed by atoms with Gasteiger partial charge in [0.05, 0.1) is 6.04 Å². The first-order chi connectivity index (χ1) is 11.1. The Kier molecular flexibility index (Phi) is 3.19. The second-order valence-electron chi connectivity index (χ2n) is 6.69. The van der Waals surface area contributed by atoms with Crippen LogP contribution in [0, 0.1) is 13.8 Å². The number of amides is 1. The van der Waals surface area contributed by atoms with Gasteiger partial charge in [0.15, 0.2) is 5.60 Å². The maximum atomic E-state index is 12.5. The van der Waals surface area contributed by atoms with Gasteiger partial charge in [-0.05, 0) is 26.7 Å². The molecule has 2 aromatic carbocycles. The average molecular weight is 307 g/mol. The van der Waals surface area contributed by atoms with Gasteiger partial charge in [-0.3, -0.25) is 0 Å². The summed E-state index contributed by atoms with van der Waals surface area (Å²) >= 11 is 0. The maximum Gasteiger partial charge on any atom is 0.411 e. The Hall–Kier alpha value is -2.29. The van der Waals surface area contributed by atoms with Crippen LogP contribution in [0.1, 0.15) is 35.1 Å². The number of fused-ring (bicyclic) bond motifs is 1. The molecule has 4 rings (SSSR count). The Labute approximate surface area is 136 Å². The van der Waals surface area contributed by atoms with Crippen LogP contribution < -0.4 is 0 Å². The van der Waals surface area contributed by atoms with E-state index in [1.54, 1.807) is 0 Å². The fraction of sp³-hybridized carbons (Fsp3) is 0.350. The largest absolute Gasteiger partial charge is 0.431 e. The van der Waals surface area contributed by atoms with E-state index in [1.807, 2.05) is 4.90 Å². The van der Waals surface area contributed by atoms with Crippen molar-refractivity contribution in [2.75, 3.05) is 6.54 Å². The molecule has 0 N–H and O–H groups in total.